The SMILES string of the molecule is CC(C)CN(CC(=O)O)C(=O)c1csc(CN)n1. The Morgan fingerprint density at radius 3 is 2.67 bits per heavy atom. The minimum Gasteiger partial charge on any atom is -0.480 e. The Labute approximate surface area is 109 Å². The molecular weight excluding hydrogens is 254 g/mol. The molecule has 7 heteroatoms. The van der Waals surface area contributed by atoms with E-state index in [2.05, 4.69) is 4.98 Å². The maximum absolute atomic E-state index is 12.1. The Hall–Kier alpha value is -1.47. The summed E-state index contributed by atoms with van der Waals surface area (Å²) in [7, 11) is 0. The van der Waals surface area contributed by atoms with E-state index in [0.717, 1.165) is 0 Å². The van der Waals surface area contributed by atoms with Gasteiger partial charge in [0.2, 0.25) is 0 Å². The highest BCUT2D eigenvalue weighted by molar-refractivity contribution is 7.09. The van der Waals surface area contributed by atoms with Gasteiger partial charge < -0.3 is 15.7 Å². The number of carbonyl (C=O) groups excluding carboxylic acids is 1. The summed E-state index contributed by atoms with van der Waals surface area (Å²) in [6.07, 6.45) is 0. The molecule has 0 aliphatic heterocycles. The molecule has 1 heterocycles. The van der Waals surface area contributed by atoms with Crippen molar-refractivity contribution in [1.29, 1.82) is 0 Å². The zero-order valence-corrected chi connectivity index (χ0v) is 11.2. The molecule has 100 valence electrons. The Morgan fingerprint density at radius 2 is 2.22 bits per heavy atom. The molecule has 0 aliphatic carbocycles. The van der Waals surface area contributed by atoms with Gasteiger partial charge >= 0.3 is 5.97 Å². The molecule has 6 nitrogen and oxygen atoms in total. The molecule has 0 unspecified atom stereocenters. The normalized spacial score (nSPS) is 10.7. The van der Waals surface area contributed by atoms with Gasteiger partial charge in [0.05, 0.1) is 0 Å². The smallest absolute Gasteiger partial charge is 0.323 e. The minimum atomic E-state index is -1.03. The first-order chi connectivity index (χ1) is 8.43. The average molecular weight is 271 g/mol. The molecule has 0 saturated heterocycles. The number of nitrogens with zero attached hydrogens (tertiary/aromatic N) is 2. The second-order valence-corrected chi connectivity index (χ2v) is 5.25. The van der Waals surface area contributed by atoms with Crippen molar-refractivity contribution < 1.29 is 14.7 Å². The first-order valence-electron chi connectivity index (χ1n) is 5.59. The van der Waals surface area contributed by atoms with E-state index in [-0.39, 0.29) is 30.6 Å². The van der Waals surface area contributed by atoms with Gasteiger partial charge in [0.15, 0.2) is 0 Å². The van der Waals surface area contributed by atoms with Gasteiger partial charge in [-0.1, -0.05) is 13.8 Å². The summed E-state index contributed by atoms with van der Waals surface area (Å²) < 4.78 is 0. The van der Waals surface area contributed by atoms with Crippen molar-refractivity contribution in [2.75, 3.05) is 13.1 Å². The quantitative estimate of drug-likeness (QED) is 0.797. The van der Waals surface area contributed by atoms with Crippen LogP contribution in [0.1, 0.15) is 29.3 Å². The van der Waals surface area contributed by atoms with Crippen LogP contribution in [-0.4, -0.2) is 40.0 Å². The molecule has 0 bridgehead atoms. The van der Waals surface area contributed by atoms with Crippen LogP contribution < -0.4 is 5.73 Å². The van der Waals surface area contributed by atoms with Gasteiger partial charge in [-0.05, 0) is 5.92 Å². The molecule has 1 aromatic heterocycles. The fraction of sp³-hybridized carbons (Fsp3) is 0.545. The van der Waals surface area contributed by atoms with Gasteiger partial charge in [-0.3, -0.25) is 9.59 Å². The average Bonchev–Trinajstić information content (AvgIpc) is 2.74. The highest BCUT2D eigenvalue weighted by Crippen LogP contribution is 2.12. The number of thiazole rings is 1. The number of hydrogen-bond acceptors (Lipinski definition) is 5. The van der Waals surface area contributed by atoms with Crippen LogP contribution in [0.15, 0.2) is 5.38 Å². The fourth-order valence-electron chi connectivity index (χ4n) is 1.49. The summed E-state index contributed by atoms with van der Waals surface area (Å²) in [6.45, 7) is 4.21. The summed E-state index contributed by atoms with van der Waals surface area (Å²) in [5.41, 5.74) is 5.70. The van der Waals surface area contributed by atoms with E-state index in [1.54, 1.807) is 5.38 Å². The molecule has 1 amide bonds. The third kappa shape index (κ3) is 4.08. The molecule has 0 atom stereocenters. The lowest BCUT2D eigenvalue weighted by Gasteiger charge is -2.21. The summed E-state index contributed by atoms with van der Waals surface area (Å²) >= 11 is 1.30. The molecule has 0 aliphatic rings. The lowest BCUT2D eigenvalue weighted by Crippen LogP contribution is -2.38. The highest BCUT2D eigenvalue weighted by atomic mass is 32.1. The van der Waals surface area contributed by atoms with Gasteiger partial charge in [-0.25, -0.2) is 4.98 Å². The van der Waals surface area contributed by atoms with Crippen LogP contribution in [0, 0.1) is 5.92 Å². The van der Waals surface area contributed by atoms with E-state index in [1.165, 1.54) is 16.2 Å². The number of rotatable bonds is 6. The molecule has 3 N–H and O–H groups in total. The molecule has 0 aromatic carbocycles. The molecule has 0 radical (unpaired) electrons. The zero-order valence-electron chi connectivity index (χ0n) is 10.4. The van der Waals surface area contributed by atoms with E-state index >= 15 is 0 Å². The van der Waals surface area contributed by atoms with Gasteiger partial charge in [0.1, 0.15) is 17.2 Å². The summed E-state index contributed by atoms with van der Waals surface area (Å²) in [5.74, 6) is -1.19. The van der Waals surface area contributed by atoms with Crippen molar-refractivity contribution in [2.24, 2.45) is 11.7 Å². The molecule has 0 spiro atoms. The predicted molar refractivity (Wildman–Crippen MR) is 68.4 cm³/mol. The summed E-state index contributed by atoms with van der Waals surface area (Å²) in [5, 5.41) is 11.1. The Balaban J connectivity index is 2.83. The van der Waals surface area contributed by atoms with E-state index < -0.39 is 5.97 Å². The summed E-state index contributed by atoms with van der Waals surface area (Å²) in [4.78, 5) is 28.2. The van der Waals surface area contributed by atoms with E-state index in [4.69, 9.17) is 10.8 Å². The number of carbonyl (C=O) groups is 2. The largest absolute Gasteiger partial charge is 0.480 e. The van der Waals surface area contributed by atoms with Gasteiger partial charge in [0, 0.05) is 18.5 Å². The number of amides is 1. The van der Waals surface area contributed by atoms with E-state index in [9.17, 15) is 9.59 Å². The van der Waals surface area contributed by atoms with Gasteiger partial charge in [-0.15, -0.1) is 11.3 Å². The van der Waals surface area contributed by atoms with Crippen molar-refractivity contribution in [1.82, 2.24) is 9.88 Å². The van der Waals surface area contributed by atoms with E-state index in [0.29, 0.717) is 11.6 Å². The fourth-order valence-corrected chi connectivity index (χ4v) is 2.14. The zero-order chi connectivity index (χ0) is 13.7. The van der Waals surface area contributed by atoms with Crippen LogP contribution in [0.5, 0.6) is 0 Å². The van der Waals surface area contributed by atoms with Crippen LogP contribution in [0.25, 0.3) is 0 Å². The maximum atomic E-state index is 12.1. The number of carboxylic acid groups (broad SMARTS) is 1. The Kier molecular flexibility index (Phi) is 5.24. The maximum Gasteiger partial charge on any atom is 0.323 e. The van der Waals surface area contributed by atoms with Crippen LogP contribution in [0.4, 0.5) is 0 Å². The topological polar surface area (TPSA) is 96.5 Å². The van der Waals surface area contributed by atoms with Gasteiger partial charge in [-0.2, -0.15) is 0 Å². The molecule has 0 saturated carbocycles. The van der Waals surface area contributed by atoms with Crippen LogP contribution in [0.2, 0.25) is 0 Å². The second-order valence-electron chi connectivity index (χ2n) is 4.30. The number of aromatic nitrogens is 1. The molecule has 0 fully saturated rings. The number of aliphatic carboxylic acids is 1. The molecular formula is C11H17N3O3S. The standard InChI is InChI=1S/C11H17N3O3S/c1-7(2)4-14(5-10(15)16)11(17)8-6-18-9(3-12)13-8/h6-7H,3-5,12H2,1-2H3,(H,15,16). The van der Waals surface area contributed by atoms with Crippen LogP contribution in [0.3, 0.4) is 0 Å². The second kappa shape index (κ2) is 6.46. The molecule has 18 heavy (non-hydrogen) atoms. The van der Waals surface area contributed by atoms with Crippen molar-refractivity contribution in [3.05, 3.63) is 16.1 Å². The first-order valence-corrected chi connectivity index (χ1v) is 6.47. The van der Waals surface area contributed by atoms with Crippen LogP contribution in [-0.2, 0) is 11.3 Å². The molecule has 1 aromatic rings. The Bertz CT molecular complexity index is 431. The van der Waals surface area contributed by atoms with Crippen molar-refractivity contribution in [2.45, 2.75) is 20.4 Å². The minimum absolute atomic E-state index is 0.195. The lowest BCUT2D eigenvalue weighted by molar-refractivity contribution is -0.137. The number of nitrogens with two attached hydrogens (primary N) is 1. The monoisotopic (exact) mass is 271 g/mol. The van der Waals surface area contributed by atoms with Crippen molar-refractivity contribution >= 4 is 23.2 Å². The van der Waals surface area contributed by atoms with Gasteiger partial charge in [0.25, 0.3) is 5.91 Å². The van der Waals surface area contributed by atoms with Crippen LogP contribution >= 0.6 is 11.3 Å². The Morgan fingerprint density at radius 1 is 1.56 bits per heavy atom. The van der Waals surface area contributed by atoms with Crippen molar-refractivity contribution in [3.63, 3.8) is 0 Å². The number of hydrogen-bond donors (Lipinski definition) is 2. The first kappa shape index (κ1) is 14.6. The number of carboxylic acids is 1. The lowest BCUT2D eigenvalue weighted by atomic mass is 10.2. The predicted octanol–water partition coefficient (Wildman–Crippen LogP) is 0.785. The summed E-state index contributed by atoms with van der Waals surface area (Å²) in [6, 6.07) is 0. The highest BCUT2D eigenvalue weighted by Gasteiger charge is 2.21. The van der Waals surface area contributed by atoms with E-state index in [1.807, 2.05) is 13.8 Å². The third-order valence-corrected chi connectivity index (χ3v) is 3.02. The third-order valence-electron chi connectivity index (χ3n) is 2.14. The van der Waals surface area contributed by atoms with Crippen molar-refractivity contribution in [3.8, 4) is 0 Å². The molecule has 1 rings (SSSR count).